The summed E-state index contributed by atoms with van der Waals surface area (Å²) >= 11 is 0. The second-order valence-corrected chi connectivity index (χ2v) is 2.78. The van der Waals surface area contributed by atoms with E-state index in [1.54, 1.807) is 0 Å². The number of ether oxygens (including phenoxy) is 1. The zero-order valence-electron chi connectivity index (χ0n) is 8.49. The highest BCUT2D eigenvalue weighted by Gasteiger charge is 2.17. The van der Waals surface area contributed by atoms with E-state index in [0.717, 1.165) is 7.11 Å². The van der Waals surface area contributed by atoms with Gasteiger partial charge in [0.05, 0.1) is 23.7 Å². The molecule has 88 valence electrons. The topological polar surface area (TPSA) is 69.4 Å². The zero-order chi connectivity index (χ0) is 13.0. The molecule has 7 heteroatoms. The van der Waals surface area contributed by atoms with Crippen LogP contribution in [0.1, 0.15) is 5.56 Å². The third kappa shape index (κ3) is 2.98. The van der Waals surface area contributed by atoms with Crippen LogP contribution in [-0.2, 0) is 9.53 Å². The quantitative estimate of drug-likeness (QED) is 0.322. The number of hydrogen-bond donors (Lipinski definition) is 0. The molecule has 1 aromatic rings. The fourth-order valence-corrected chi connectivity index (χ4v) is 0.941. The molecule has 0 aromatic heterocycles. The molecular weight excluding hydrogens is 236 g/mol. The molecule has 1 aromatic carbocycles. The van der Waals surface area contributed by atoms with Crippen LogP contribution < -0.4 is 0 Å². The molecule has 0 aliphatic heterocycles. The number of halogens is 2. The highest BCUT2D eigenvalue weighted by molar-refractivity contribution is 5.89. The van der Waals surface area contributed by atoms with E-state index in [-0.39, 0.29) is 0 Å². The van der Waals surface area contributed by atoms with Crippen LogP contribution in [-0.4, -0.2) is 18.0 Å². The molecule has 17 heavy (non-hydrogen) atoms. The van der Waals surface area contributed by atoms with Crippen molar-refractivity contribution in [3.63, 3.8) is 0 Å². The van der Waals surface area contributed by atoms with Gasteiger partial charge < -0.3 is 4.74 Å². The molecule has 1 rings (SSSR count). The molecule has 0 saturated carbocycles. The summed E-state index contributed by atoms with van der Waals surface area (Å²) in [6.07, 6.45) is 0. The molecule has 0 bridgehead atoms. The number of carbonyl (C=O) groups excluding carboxylic acids is 1. The van der Waals surface area contributed by atoms with Gasteiger partial charge in [-0.3, -0.25) is 10.1 Å². The molecule has 0 spiro atoms. The first-order valence-electron chi connectivity index (χ1n) is 4.19. The maximum atomic E-state index is 13.2. The number of carbonyl (C=O) groups is 1. The van der Waals surface area contributed by atoms with Gasteiger partial charge in [0.25, 0.3) is 0 Å². The van der Waals surface area contributed by atoms with E-state index in [1.807, 2.05) is 11.8 Å². The number of rotatable bonds is 1. The van der Waals surface area contributed by atoms with E-state index in [9.17, 15) is 23.7 Å². The van der Waals surface area contributed by atoms with Crippen molar-refractivity contribution in [3.8, 4) is 11.8 Å². The van der Waals surface area contributed by atoms with Gasteiger partial charge in [-0.05, 0) is 6.07 Å². The van der Waals surface area contributed by atoms with Crippen LogP contribution in [0.25, 0.3) is 0 Å². The summed E-state index contributed by atoms with van der Waals surface area (Å²) in [4.78, 5) is 19.9. The highest BCUT2D eigenvalue weighted by atomic mass is 19.1. The van der Waals surface area contributed by atoms with Crippen LogP contribution in [0, 0.1) is 33.6 Å². The van der Waals surface area contributed by atoms with Crippen molar-refractivity contribution in [2.45, 2.75) is 0 Å². The minimum atomic E-state index is -1.23. The Balaban J connectivity index is 3.19. The number of esters is 1. The van der Waals surface area contributed by atoms with Gasteiger partial charge in [-0.1, -0.05) is 5.92 Å². The van der Waals surface area contributed by atoms with Gasteiger partial charge in [-0.25, -0.2) is 9.18 Å². The van der Waals surface area contributed by atoms with Gasteiger partial charge in [0.1, 0.15) is 5.82 Å². The first-order valence-corrected chi connectivity index (χ1v) is 4.19. The number of benzene rings is 1. The van der Waals surface area contributed by atoms with Crippen molar-refractivity contribution in [1.29, 1.82) is 0 Å². The lowest BCUT2D eigenvalue weighted by Crippen LogP contribution is -1.98. The summed E-state index contributed by atoms with van der Waals surface area (Å²) in [7, 11) is 1.07. The average Bonchev–Trinajstić information content (AvgIpc) is 2.28. The minimum absolute atomic E-state index is 0.399. The molecule has 0 saturated heterocycles. The van der Waals surface area contributed by atoms with Crippen LogP contribution in [0.2, 0.25) is 0 Å². The molecule has 0 heterocycles. The molecule has 0 fully saturated rings. The van der Waals surface area contributed by atoms with Crippen molar-refractivity contribution in [2.75, 3.05) is 7.11 Å². The fraction of sp³-hybridized carbons (Fsp3) is 0.100. The van der Waals surface area contributed by atoms with Crippen LogP contribution in [0.3, 0.4) is 0 Å². The maximum absolute atomic E-state index is 13.2. The van der Waals surface area contributed by atoms with E-state index < -0.39 is 33.8 Å². The van der Waals surface area contributed by atoms with E-state index in [0.29, 0.717) is 12.1 Å². The maximum Gasteiger partial charge on any atom is 0.384 e. The van der Waals surface area contributed by atoms with Crippen LogP contribution in [0.5, 0.6) is 0 Å². The Hall–Kier alpha value is -2.49. The van der Waals surface area contributed by atoms with Gasteiger partial charge in [-0.15, -0.1) is 0 Å². The minimum Gasteiger partial charge on any atom is -0.459 e. The Morgan fingerprint density at radius 3 is 2.59 bits per heavy atom. The molecule has 0 aliphatic carbocycles. The van der Waals surface area contributed by atoms with Crippen molar-refractivity contribution in [2.24, 2.45) is 0 Å². The second-order valence-electron chi connectivity index (χ2n) is 2.78. The standard InChI is InChI=1S/C10H5F2NO4/c1-17-10(14)3-2-6-4-8(12)9(13(15)16)5-7(6)11/h4-5H,1H3. The van der Waals surface area contributed by atoms with Gasteiger partial charge in [-0.2, -0.15) is 4.39 Å². The summed E-state index contributed by atoms with van der Waals surface area (Å²) in [5, 5.41) is 10.3. The molecule has 0 atom stereocenters. The lowest BCUT2D eigenvalue weighted by atomic mass is 10.2. The van der Waals surface area contributed by atoms with E-state index in [4.69, 9.17) is 0 Å². The Labute approximate surface area is 94.1 Å². The monoisotopic (exact) mass is 241 g/mol. The zero-order valence-corrected chi connectivity index (χ0v) is 8.49. The Morgan fingerprint density at radius 2 is 2.06 bits per heavy atom. The molecule has 5 nitrogen and oxygen atoms in total. The van der Waals surface area contributed by atoms with Crippen molar-refractivity contribution < 1.29 is 23.2 Å². The summed E-state index contributed by atoms with van der Waals surface area (Å²) in [5.74, 6) is 0.639. The Kier molecular flexibility index (Phi) is 3.72. The molecule has 0 N–H and O–H groups in total. The summed E-state index contributed by atoms with van der Waals surface area (Å²) in [6.45, 7) is 0. The number of nitro groups is 1. The van der Waals surface area contributed by atoms with Crippen LogP contribution >= 0.6 is 0 Å². The lowest BCUT2D eigenvalue weighted by Gasteiger charge is -1.96. The van der Waals surface area contributed by atoms with E-state index in [2.05, 4.69) is 4.74 Å². The smallest absolute Gasteiger partial charge is 0.384 e. The Bertz CT molecular complexity index is 545. The summed E-state index contributed by atoms with van der Waals surface area (Å²) in [5.41, 5.74) is -1.45. The predicted octanol–water partition coefficient (Wildman–Crippen LogP) is 1.40. The molecular formula is C10H5F2NO4. The summed E-state index contributed by atoms with van der Waals surface area (Å²) < 4.78 is 30.5. The molecule has 0 radical (unpaired) electrons. The van der Waals surface area contributed by atoms with Crippen molar-refractivity contribution >= 4 is 11.7 Å². The van der Waals surface area contributed by atoms with Crippen molar-refractivity contribution in [3.05, 3.63) is 39.4 Å². The summed E-state index contributed by atoms with van der Waals surface area (Å²) in [6, 6.07) is 0.944. The SMILES string of the molecule is COC(=O)C#Cc1cc(F)c([N+](=O)[O-])cc1F. The van der Waals surface area contributed by atoms with E-state index in [1.165, 1.54) is 0 Å². The van der Waals surface area contributed by atoms with Crippen LogP contribution in [0.4, 0.5) is 14.5 Å². The first-order chi connectivity index (χ1) is 7.95. The predicted molar refractivity (Wildman–Crippen MR) is 51.9 cm³/mol. The van der Waals surface area contributed by atoms with Crippen LogP contribution in [0.15, 0.2) is 12.1 Å². The van der Waals surface area contributed by atoms with Gasteiger partial charge >= 0.3 is 11.7 Å². The third-order valence-electron chi connectivity index (χ3n) is 1.72. The molecule has 0 amide bonds. The molecule has 0 aliphatic rings. The number of nitrogens with zero attached hydrogens (tertiary/aromatic N) is 1. The number of methoxy groups -OCH3 is 1. The largest absolute Gasteiger partial charge is 0.459 e. The normalized spacial score (nSPS) is 9.12. The Morgan fingerprint density at radius 1 is 1.41 bits per heavy atom. The van der Waals surface area contributed by atoms with E-state index >= 15 is 0 Å². The van der Waals surface area contributed by atoms with Gasteiger partial charge in [0.2, 0.25) is 5.82 Å². The highest BCUT2D eigenvalue weighted by Crippen LogP contribution is 2.20. The third-order valence-corrected chi connectivity index (χ3v) is 1.72. The first kappa shape index (κ1) is 12.6. The molecule has 0 unspecified atom stereocenters. The van der Waals surface area contributed by atoms with Crippen molar-refractivity contribution in [1.82, 2.24) is 0 Å². The lowest BCUT2D eigenvalue weighted by molar-refractivity contribution is -0.387. The van der Waals surface area contributed by atoms with Gasteiger partial charge in [0, 0.05) is 5.92 Å². The van der Waals surface area contributed by atoms with Gasteiger partial charge in [0.15, 0.2) is 0 Å². The fourth-order valence-electron chi connectivity index (χ4n) is 0.941. The second kappa shape index (κ2) is 5.03. The number of hydrogen-bond acceptors (Lipinski definition) is 4. The average molecular weight is 241 g/mol. The number of nitro benzene ring substituents is 1.